The molecule has 2 aromatic carbocycles. The van der Waals surface area contributed by atoms with Gasteiger partial charge in [-0.05, 0) is 44.2 Å². The zero-order valence-electron chi connectivity index (χ0n) is 14.0. The summed E-state index contributed by atoms with van der Waals surface area (Å²) < 4.78 is 7.33. The maximum Gasteiger partial charge on any atom is 0.323 e. The van der Waals surface area contributed by atoms with Crippen LogP contribution in [-0.4, -0.2) is 22.4 Å². The first kappa shape index (κ1) is 15.9. The van der Waals surface area contributed by atoms with E-state index in [1.54, 1.807) is 6.07 Å². The third-order valence-corrected chi connectivity index (χ3v) is 3.98. The number of hydrogen-bond donors (Lipinski definition) is 1. The van der Waals surface area contributed by atoms with Crippen LogP contribution in [0.5, 0.6) is 5.75 Å². The largest absolute Gasteiger partial charge is 0.494 e. The molecule has 0 unspecified atom stereocenters. The fourth-order valence-corrected chi connectivity index (χ4v) is 2.74. The molecule has 0 atom stereocenters. The van der Waals surface area contributed by atoms with Crippen LogP contribution in [0, 0.1) is 6.92 Å². The van der Waals surface area contributed by atoms with E-state index in [1.807, 2.05) is 62.0 Å². The number of nitrogens with two attached hydrogens (primary N) is 1. The van der Waals surface area contributed by atoms with Crippen LogP contribution in [0.1, 0.15) is 12.6 Å². The van der Waals surface area contributed by atoms with Gasteiger partial charge in [0.15, 0.2) is 0 Å². The molecule has 3 aromatic rings. The summed E-state index contributed by atoms with van der Waals surface area (Å²) in [6, 6.07) is 12.4. The number of nitrogens with zero attached hydrogens (tertiary/aromatic N) is 3. The number of primary amides is 1. The van der Waals surface area contributed by atoms with E-state index in [-0.39, 0.29) is 0 Å². The van der Waals surface area contributed by atoms with Crippen LogP contribution in [0.4, 0.5) is 16.2 Å². The number of ether oxygens (including phenoxy) is 1. The molecule has 0 radical (unpaired) electrons. The van der Waals surface area contributed by atoms with E-state index in [1.165, 1.54) is 4.90 Å². The highest BCUT2D eigenvalue weighted by Crippen LogP contribution is 2.31. The quantitative estimate of drug-likeness (QED) is 0.798. The minimum Gasteiger partial charge on any atom is -0.494 e. The van der Waals surface area contributed by atoms with Crippen LogP contribution >= 0.6 is 0 Å². The second-order valence-corrected chi connectivity index (χ2v) is 5.51. The van der Waals surface area contributed by atoms with E-state index in [0.29, 0.717) is 23.7 Å². The molecule has 1 aromatic heterocycles. The summed E-state index contributed by atoms with van der Waals surface area (Å²) in [5.74, 6) is 0.691. The van der Waals surface area contributed by atoms with Gasteiger partial charge in [-0.1, -0.05) is 6.07 Å². The van der Waals surface area contributed by atoms with Gasteiger partial charge >= 0.3 is 6.03 Å². The van der Waals surface area contributed by atoms with Gasteiger partial charge in [0.05, 0.1) is 23.5 Å². The molecule has 0 fully saturated rings. The van der Waals surface area contributed by atoms with Crippen molar-refractivity contribution >= 4 is 28.3 Å². The van der Waals surface area contributed by atoms with E-state index < -0.39 is 6.03 Å². The molecule has 0 saturated carbocycles. The van der Waals surface area contributed by atoms with Crippen molar-refractivity contribution in [3.8, 4) is 5.75 Å². The van der Waals surface area contributed by atoms with Gasteiger partial charge in [0, 0.05) is 24.2 Å². The minimum absolute atomic E-state index is 0.555. The van der Waals surface area contributed by atoms with E-state index in [4.69, 9.17) is 10.5 Å². The van der Waals surface area contributed by atoms with Gasteiger partial charge in [-0.25, -0.2) is 4.79 Å². The van der Waals surface area contributed by atoms with Crippen molar-refractivity contribution < 1.29 is 9.53 Å². The zero-order valence-corrected chi connectivity index (χ0v) is 14.0. The van der Waals surface area contributed by atoms with Crippen LogP contribution in [0.3, 0.4) is 0 Å². The number of urea groups is 1. The Labute approximate surface area is 140 Å². The average Bonchev–Trinajstić information content (AvgIpc) is 2.82. The van der Waals surface area contributed by atoms with Crippen molar-refractivity contribution in [3.63, 3.8) is 0 Å². The second kappa shape index (κ2) is 6.23. The highest BCUT2D eigenvalue weighted by atomic mass is 16.5. The molecular formula is C18H20N4O2. The molecule has 3 rings (SSSR count). The molecule has 0 saturated heterocycles. The third kappa shape index (κ3) is 2.78. The van der Waals surface area contributed by atoms with Crippen LogP contribution in [0.25, 0.3) is 10.9 Å². The molecule has 0 aliphatic rings. The number of carbonyl (C=O) groups is 1. The minimum atomic E-state index is -0.560. The molecular weight excluding hydrogens is 304 g/mol. The number of anilines is 2. The van der Waals surface area contributed by atoms with E-state index in [2.05, 4.69) is 5.10 Å². The number of benzene rings is 2. The summed E-state index contributed by atoms with van der Waals surface area (Å²) in [6.45, 7) is 4.47. The van der Waals surface area contributed by atoms with Crippen LogP contribution < -0.4 is 15.4 Å². The predicted molar refractivity (Wildman–Crippen MR) is 94.8 cm³/mol. The summed E-state index contributed by atoms with van der Waals surface area (Å²) in [5.41, 5.74) is 8.84. The summed E-state index contributed by atoms with van der Waals surface area (Å²) >= 11 is 0. The van der Waals surface area contributed by atoms with E-state index >= 15 is 0 Å². The molecule has 0 aliphatic carbocycles. The van der Waals surface area contributed by atoms with Gasteiger partial charge in [0.1, 0.15) is 5.75 Å². The average molecular weight is 324 g/mol. The Morgan fingerprint density at radius 1 is 1.25 bits per heavy atom. The molecule has 2 amide bonds. The van der Waals surface area contributed by atoms with Gasteiger partial charge in [-0.3, -0.25) is 9.58 Å². The number of rotatable bonds is 4. The molecule has 6 heteroatoms. The number of fused-ring (bicyclic) bond motifs is 1. The smallest absolute Gasteiger partial charge is 0.323 e. The first-order valence-corrected chi connectivity index (χ1v) is 7.77. The number of amides is 2. The maximum atomic E-state index is 12.1. The van der Waals surface area contributed by atoms with Crippen LogP contribution in [0.2, 0.25) is 0 Å². The highest BCUT2D eigenvalue weighted by Gasteiger charge is 2.17. The van der Waals surface area contributed by atoms with Crippen molar-refractivity contribution in [2.75, 3.05) is 11.5 Å². The molecule has 0 aliphatic heterocycles. The van der Waals surface area contributed by atoms with Gasteiger partial charge in [-0.15, -0.1) is 0 Å². The lowest BCUT2D eigenvalue weighted by Gasteiger charge is -2.21. The van der Waals surface area contributed by atoms with Crippen LogP contribution in [-0.2, 0) is 7.05 Å². The fourth-order valence-electron chi connectivity index (χ4n) is 2.74. The van der Waals surface area contributed by atoms with Crippen molar-refractivity contribution in [2.24, 2.45) is 12.8 Å². The Kier molecular flexibility index (Phi) is 4.12. The fraction of sp³-hybridized carbons (Fsp3) is 0.222. The SMILES string of the molecule is CCOc1cccc(N(C(N)=O)c2ccc3c(C)n(C)nc3c2)c1. The number of aryl methyl sites for hydroxylation is 2. The lowest BCUT2D eigenvalue weighted by Crippen LogP contribution is -2.31. The second-order valence-electron chi connectivity index (χ2n) is 5.51. The van der Waals surface area contributed by atoms with E-state index in [0.717, 1.165) is 16.6 Å². The number of aromatic nitrogens is 2. The first-order valence-electron chi connectivity index (χ1n) is 7.77. The molecule has 0 spiro atoms. The topological polar surface area (TPSA) is 73.4 Å². The molecule has 124 valence electrons. The lowest BCUT2D eigenvalue weighted by molar-refractivity contribution is 0.256. The maximum absolute atomic E-state index is 12.1. The monoisotopic (exact) mass is 324 g/mol. The van der Waals surface area contributed by atoms with Gasteiger partial charge < -0.3 is 10.5 Å². The molecule has 1 heterocycles. The van der Waals surface area contributed by atoms with Crippen molar-refractivity contribution in [3.05, 3.63) is 48.2 Å². The van der Waals surface area contributed by atoms with Crippen molar-refractivity contribution in [1.82, 2.24) is 9.78 Å². The van der Waals surface area contributed by atoms with Crippen LogP contribution in [0.15, 0.2) is 42.5 Å². The number of hydrogen-bond acceptors (Lipinski definition) is 3. The Balaban J connectivity index is 2.08. The van der Waals surface area contributed by atoms with Gasteiger partial charge in [0.2, 0.25) is 0 Å². The summed E-state index contributed by atoms with van der Waals surface area (Å²) in [7, 11) is 1.90. The normalized spacial score (nSPS) is 10.8. The summed E-state index contributed by atoms with van der Waals surface area (Å²) in [6.07, 6.45) is 0. The highest BCUT2D eigenvalue weighted by molar-refractivity contribution is 6.00. The first-order chi connectivity index (χ1) is 11.5. The Bertz CT molecular complexity index is 901. The standard InChI is InChI=1S/C18H20N4O2/c1-4-24-15-7-5-6-13(10-15)22(18(19)23)14-8-9-16-12(2)21(3)20-17(16)11-14/h5-11H,4H2,1-3H3,(H2,19,23). The molecule has 2 N–H and O–H groups in total. The molecule has 6 nitrogen and oxygen atoms in total. The van der Waals surface area contributed by atoms with E-state index in [9.17, 15) is 4.79 Å². The Morgan fingerprint density at radius 3 is 2.71 bits per heavy atom. The Morgan fingerprint density at radius 2 is 2.00 bits per heavy atom. The summed E-state index contributed by atoms with van der Waals surface area (Å²) in [5, 5.41) is 5.52. The van der Waals surface area contributed by atoms with Crippen molar-refractivity contribution in [2.45, 2.75) is 13.8 Å². The lowest BCUT2D eigenvalue weighted by atomic mass is 10.1. The number of carbonyl (C=O) groups excluding carboxylic acids is 1. The molecule has 24 heavy (non-hydrogen) atoms. The Hall–Kier alpha value is -3.02. The van der Waals surface area contributed by atoms with Gasteiger partial charge in [-0.2, -0.15) is 5.10 Å². The predicted octanol–water partition coefficient (Wildman–Crippen LogP) is 3.50. The van der Waals surface area contributed by atoms with Gasteiger partial charge in [0.25, 0.3) is 0 Å². The zero-order chi connectivity index (χ0) is 17.3. The molecule has 0 bridgehead atoms. The van der Waals surface area contributed by atoms with Crippen molar-refractivity contribution in [1.29, 1.82) is 0 Å². The summed E-state index contributed by atoms with van der Waals surface area (Å²) in [4.78, 5) is 13.5. The third-order valence-electron chi connectivity index (χ3n) is 3.98.